The SMILES string of the molecule is Cc1[nH]n(-c2ccccc2)c(=O)c1C(=O)c1cc(F)c(F)c(F)c1. The minimum absolute atomic E-state index is 0.235. The molecule has 4 nitrogen and oxygen atoms in total. The maximum Gasteiger partial charge on any atom is 0.282 e. The number of aromatic amines is 1. The summed E-state index contributed by atoms with van der Waals surface area (Å²) in [6, 6.07) is 9.64. The number of aromatic nitrogens is 2. The molecule has 0 aliphatic heterocycles. The van der Waals surface area contributed by atoms with Crippen molar-refractivity contribution in [1.29, 1.82) is 0 Å². The predicted octanol–water partition coefficient (Wildman–Crippen LogP) is 3.12. The van der Waals surface area contributed by atoms with Crippen molar-refractivity contribution in [3.63, 3.8) is 0 Å². The fraction of sp³-hybridized carbons (Fsp3) is 0.0588. The molecular formula is C17H11F3N2O2. The van der Waals surface area contributed by atoms with Crippen molar-refractivity contribution in [2.75, 3.05) is 0 Å². The van der Waals surface area contributed by atoms with E-state index in [0.717, 1.165) is 4.68 Å². The highest BCUT2D eigenvalue weighted by Crippen LogP contribution is 2.17. The number of nitrogens with one attached hydrogen (secondary N) is 1. The number of para-hydroxylation sites is 1. The highest BCUT2D eigenvalue weighted by molar-refractivity contribution is 6.09. The predicted molar refractivity (Wildman–Crippen MR) is 80.9 cm³/mol. The lowest BCUT2D eigenvalue weighted by Crippen LogP contribution is -2.21. The molecule has 0 amide bonds. The molecule has 0 aliphatic rings. The number of nitrogens with zero attached hydrogens (tertiary/aromatic N) is 1. The van der Waals surface area contributed by atoms with E-state index < -0.39 is 34.4 Å². The van der Waals surface area contributed by atoms with Crippen LogP contribution in [0, 0.1) is 24.4 Å². The van der Waals surface area contributed by atoms with E-state index in [4.69, 9.17) is 0 Å². The van der Waals surface area contributed by atoms with Crippen LogP contribution in [0.4, 0.5) is 13.2 Å². The fourth-order valence-electron chi connectivity index (χ4n) is 2.40. The topological polar surface area (TPSA) is 54.9 Å². The van der Waals surface area contributed by atoms with E-state index in [1.54, 1.807) is 30.3 Å². The van der Waals surface area contributed by atoms with Crippen LogP contribution in [0.1, 0.15) is 21.6 Å². The van der Waals surface area contributed by atoms with E-state index in [-0.39, 0.29) is 11.3 Å². The van der Waals surface area contributed by atoms with E-state index in [2.05, 4.69) is 5.10 Å². The summed E-state index contributed by atoms with van der Waals surface area (Å²) in [4.78, 5) is 25.0. The lowest BCUT2D eigenvalue weighted by molar-refractivity contribution is 0.103. The van der Waals surface area contributed by atoms with Crippen LogP contribution in [0.5, 0.6) is 0 Å². The second-order valence-electron chi connectivity index (χ2n) is 5.17. The largest absolute Gasteiger partial charge is 0.295 e. The zero-order valence-corrected chi connectivity index (χ0v) is 12.4. The maximum absolute atomic E-state index is 13.3. The van der Waals surface area contributed by atoms with Crippen LogP contribution in [0.2, 0.25) is 0 Å². The van der Waals surface area contributed by atoms with Crippen molar-refractivity contribution in [1.82, 2.24) is 9.78 Å². The first-order chi connectivity index (χ1) is 11.4. The van der Waals surface area contributed by atoms with Crippen LogP contribution in [-0.4, -0.2) is 15.6 Å². The average molecular weight is 332 g/mol. The van der Waals surface area contributed by atoms with Gasteiger partial charge in [0.1, 0.15) is 5.56 Å². The van der Waals surface area contributed by atoms with E-state index >= 15 is 0 Å². The van der Waals surface area contributed by atoms with Gasteiger partial charge >= 0.3 is 0 Å². The second kappa shape index (κ2) is 5.84. The zero-order chi connectivity index (χ0) is 17.4. The molecule has 7 heteroatoms. The van der Waals surface area contributed by atoms with Gasteiger partial charge in [0.2, 0.25) is 5.78 Å². The minimum Gasteiger partial charge on any atom is -0.295 e. The van der Waals surface area contributed by atoms with Crippen LogP contribution in [0.15, 0.2) is 47.3 Å². The van der Waals surface area contributed by atoms with Gasteiger partial charge in [0.15, 0.2) is 17.5 Å². The molecule has 2 aromatic carbocycles. The molecular weight excluding hydrogens is 321 g/mol. The van der Waals surface area contributed by atoms with Gasteiger partial charge in [-0.15, -0.1) is 0 Å². The molecule has 3 rings (SSSR count). The van der Waals surface area contributed by atoms with Gasteiger partial charge in [0, 0.05) is 11.3 Å². The number of benzene rings is 2. The Kier molecular flexibility index (Phi) is 3.84. The molecule has 122 valence electrons. The van der Waals surface area contributed by atoms with Gasteiger partial charge < -0.3 is 0 Å². The number of hydrogen-bond donors (Lipinski definition) is 1. The molecule has 0 fully saturated rings. The molecule has 1 aromatic heterocycles. The van der Waals surface area contributed by atoms with Gasteiger partial charge in [0.25, 0.3) is 5.56 Å². The summed E-state index contributed by atoms with van der Waals surface area (Å²) in [5.74, 6) is -5.54. The quantitative estimate of drug-likeness (QED) is 0.592. The van der Waals surface area contributed by atoms with Gasteiger partial charge in [-0.2, -0.15) is 0 Å². The van der Waals surface area contributed by atoms with Crippen LogP contribution in [-0.2, 0) is 0 Å². The fourth-order valence-corrected chi connectivity index (χ4v) is 2.40. The summed E-state index contributed by atoms with van der Waals surface area (Å²) in [5.41, 5.74) is -0.621. The number of carbonyl (C=O) groups excluding carboxylic acids is 1. The van der Waals surface area contributed by atoms with Crippen molar-refractivity contribution in [3.05, 3.63) is 87.1 Å². The monoisotopic (exact) mass is 332 g/mol. The molecule has 0 bridgehead atoms. The van der Waals surface area contributed by atoms with Gasteiger partial charge in [-0.3, -0.25) is 14.7 Å². The summed E-state index contributed by atoms with van der Waals surface area (Å²) in [6.45, 7) is 1.49. The van der Waals surface area contributed by atoms with Crippen LogP contribution < -0.4 is 5.56 Å². The molecule has 1 heterocycles. The van der Waals surface area contributed by atoms with Crippen molar-refractivity contribution >= 4 is 5.78 Å². The number of aryl methyl sites for hydroxylation is 1. The van der Waals surface area contributed by atoms with Gasteiger partial charge in [-0.1, -0.05) is 18.2 Å². The number of H-pyrrole nitrogens is 1. The van der Waals surface area contributed by atoms with Crippen LogP contribution >= 0.6 is 0 Å². The smallest absolute Gasteiger partial charge is 0.282 e. The number of rotatable bonds is 3. The first-order valence-electron chi connectivity index (χ1n) is 6.96. The third-order valence-electron chi connectivity index (χ3n) is 3.56. The summed E-state index contributed by atoms with van der Waals surface area (Å²) in [6.07, 6.45) is 0. The molecule has 0 atom stereocenters. The average Bonchev–Trinajstić information content (AvgIpc) is 2.87. The highest BCUT2D eigenvalue weighted by Gasteiger charge is 2.23. The summed E-state index contributed by atoms with van der Waals surface area (Å²) in [7, 11) is 0. The first kappa shape index (κ1) is 15.8. The lowest BCUT2D eigenvalue weighted by atomic mass is 10.0. The molecule has 0 saturated heterocycles. The standard InChI is InChI=1S/C17H11F3N2O2/c1-9-14(16(23)10-7-12(18)15(20)13(19)8-10)17(24)22(21-9)11-5-3-2-4-6-11/h2-8,21H,1H3. The first-order valence-corrected chi connectivity index (χ1v) is 6.96. The Hall–Kier alpha value is -3.09. The Morgan fingerprint density at radius 2 is 1.62 bits per heavy atom. The van der Waals surface area contributed by atoms with Crippen molar-refractivity contribution in [2.45, 2.75) is 6.92 Å². The number of ketones is 1. The third kappa shape index (κ3) is 2.54. The van der Waals surface area contributed by atoms with E-state index in [1.807, 2.05) is 0 Å². The Morgan fingerprint density at radius 1 is 1.04 bits per heavy atom. The molecule has 0 aliphatic carbocycles. The Labute approximate surface area is 134 Å². The maximum atomic E-state index is 13.3. The van der Waals surface area contributed by atoms with Crippen LogP contribution in [0.3, 0.4) is 0 Å². The van der Waals surface area contributed by atoms with Gasteiger partial charge in [-0.25, -0.2) is 17.9 Å². The van der Waals surface area contributed by atoms with E-state index in [9.17, 15) is 22.8 Å². The number of halogens is 3. The Balaban J connectivity index is 2.12. The molecule has 0 saturated carbocycles. The molecule has 0 spiro atoms. The molecule has 1 N–H and O–H groups in total. The Bertz CT molecular complexity index is 968. The lowest BCUT2D eigenvalue weighted by Gasteiger charge is -2.01. The highest BCUT2D eigenvalue weighted by atomic mass is 19.2. The molecule has 0 unspecified atom stereocenters. The van der Waals surface area contributed by atoms with Gasteiger partial charge in [-0.05, 0) is 31.2 Å². The summed E-state index contributed by atoms with van der Waals surface area (Å²) < 4.78 is 40.8. The van der Waals surface area contributed by atoms with Crippen molar-refractivity contribution in [2.24, 2.45) is 0 Å². The zero-order valence-electron chi connectivity index (χ0n) is 12.4. The molecule has 24 heavy (non-hydrogen) atoms. The number of hydrogen-bond acceptors (Lipinski definition) is 2. The molecule has 3 aromatic rings. The minimum atomic E-state index is -1.67. The number of carbonyl (C=O) groups is 1. The summed E-state index contributed by atoms with van der Waals surface area (Å²) >= 11 is 0. The van der Waals surface area contributed by atoms with Crippen molar-refractivity contribution in [3.8, 4) is 5.69 Å². The van der Waals surface area contributed by atoms with Gasteiger partial charge in [0.05, 0.1) is 5.69 Å². The Morgan fingerprint density at radius 3 is 2.21 bits per heavy atom. The van der Waals surface area contributed by atoms with Crippen LogP contribution in [0.25, 0.3) is 5.69 Å². The van der Waals surface area contributed by atoms with Crippen molar-refractivity contribution < 1.29 is 18.0 Å². The summed E-state index contributed by atoms with van der Waals surface area (Å²) in [5, 5.41) is 2.74. The normalized spacial score (nSPS) is 10.8. The second-order valence-corrected chi connectivity index (χ2v) is 5.17. The van der Waals surface area contributed by atoms with E-state index in [0.29, 0.717) is 17.8 Å². The van der Waals surface area contributed by atoms with E-state index in [1.165, 1.54) is 6.92 Å². The molecule has 0 radical (unpaired) electrons. The third-order valence-corrected chi connectivity index (χ3v) is 3.56.